The van der Waals surface area contributed by atoms with Crippen LogP contribution in [0.5, 0.6) is 0 Å². The van der Waals surface area contributed by atoms with Crippen LogP contribution in [0, 0.1) is 5.92 Å². The number of hydrogen-bond acceptors (Lipinski definition) is 3. The van der Waals surface area contributed by atoms with Gasteiger partial charge in [0.25, 0.3) is 0 Å². The fraction of sp³-hybridized carbons (Fsp3) is 0.529. The standard InChI is InChI=1S/C17H24ClN3O2/c1-2-3-16(22)20-11-17(23)19-10-13-8-9-21(12-13)15-6-4-14(18)5-7-15/h4-7,13H,2-3,8-12H2,1H3,(H,19,23)(H,20,22)/t13-/m1/s1. The van der Waals surface area contributed by atoms with Gasteiger partial charge in [-0.1, -0.05) is 18.5 Å². The molecule has 0 radical (unpaired) electrons. The van der Waals surface area contributed by atoms with Gasteiger partial charge >= 0.3 is 0 Å². The molecule has 23 heavy (non-hydrogen) atoms. The molecule has 6 heteroatoms. The predicted molar refractivity (Wildman–Crippen MR) is 92.7 cm³/mol. The van der Waals surface area contributed by atoms with Crippen LogP contribution in [0.1, 0.15) is 26.2 Å². The second-order valence-corrected chi connectivity index (χ2v) is 6.34. The van der Waals surface area contributed by atoms with Gasteiger partial charge < -0.3 is 15.5 Å². The number of amides is 2. The molecule has 0 aromatic heterocycles. The van der Waals surface area contributed by atoms with Gasteiger partial charge in [-0.2, -0.15) is 0 Å². The van der Waals surface area contributed by atoms with Crippen molar-refractivity contribution in [2.24, 2.45) is 5.92 Å². The Labute approximate surface area is 142 Å². The molecule has 1 saturated heterocycles. The lowest BCUT2D eigenvalue weighted by Gasteiger charge is -2.19. The smallest absolute Gasteiger partial charge is 0.239 e. The highest BCUT2D eigenvalue weighted by molar-refractivity contribution is 6.30. The lowest BCUT2D eigenvalue weighted by Crippen LogP contribution is -2.39. The predicted octanol–water partition coefficient (Wildman–Crippen LogP) is 2.20. The third-order valence-corrected chi connectivity index (χ3v) is 4.24. The number of rotatable bonds is 7. The van der Waals surface area contributed by atoms with E-state index in [-0.39, 0.29) is 18.4 Å². The fourth-order valence-corrected chi connectivity index (χ4v) is 2.83. The van der Waals surface area contributed by atoms with Gasteiger partial charge in [-0.3, -0.25) is 9.59 Å². The summed E-state index contributed by atoms with van der Waals surface area (Å²) in [4.78, 5) is 25.4. The first-order chi connectivity index (χ1) is 11.1. The number of anilines is 1. The normalized spacial score (nSPS) is 17.1. The molecule has 126 valence electrons. The Kier molecular flexibility index (Phi) is 6.71. The Bertz CT molecular complexity index is 533. The molecular formula is C17H24ClN3O2. The van der Waals surface area contributed by atoms with E-state index in [2.05, 4.69) is 15.5 Å². The van der Waals surface area contributed by atoms with Gasteiger partial charge in [-0.25, -0.2) is 0 Å². The SMILES string of the molecule is CCCC(=O)NCC(=O)NC[C@H]1CCN(c2ccc(Cl)cc2)C1. The first-order valence-corrected chi connectivity index (χ1v) is 8.50. The van der Waals surface area contributed by atoms with Gasteiger partial charge in [-0.15, -0.1) is 0 Å². The molecule has 2 rings (SSSR count). The molecule has 0 aliphatic carbocycles. The van der Waals surface area contributed by atoms with E-state index in [0.29, 0.717) is 18.9 Å². The van der Waals surface area contributed by atoms with Crippen LogP contribution in [0.3, 0.4) is 0 Å². The Morgan fingerprint density at radius 2 is 1.96 bits per heavy atom. The maximum Gasteiger partial charge on any atom is 0.239 e. The van der Waals surface area contributed by atoms with Crippen LogP contribution < -0.4 is 15.5 Å². The molecule has 1 heterocycles. The highest BCUT2D eigenvalue weighted by Gasteiger charge is 2.23. The van der Waals surface area contributed by atoms with Gasteiger partial charge in [0.15, 0.2) is 0 Å². The largest absolute Gasteiger partial charge is 0.371 e. The second kappa shape index (κ2) is 8.77. The number of benzene rings is 1. The molecule has 0 bridgehead atoms. The van der Waals surface area contributed by atoms with Gasteiger partial charge in [-0.05, 0) is 43.0 Å². The van der Waals surface area contributed by atoms with Crippen molar-refractivity contribution in [1.82, 2.24) is 10.6 Å². The molecule has 1 aliphatic rings. The van der Waals surface area contributed by atoms with Crippen LogP contribution in [0.15, 0.2) is 24.3 Å². The number of hydrogen-bond donors (Lipinski definition) is 2. The van der Waals surface area contributed by atoms with E-state index < -0.39 is 0 Å². The summed E-state index contributed by atoms with van der Waals surface area (Å²) in [5.74, 6) is 0.234. The molecule has 5 nitrogen and oxygen atoms in total. The maximum absolute atomic E-state index is 11.7. The van der Waals surface area contributed by atoms with Crippen LogP contribution in [0.4, 0.5) is 5.69 Å². The molecule has 0 spiro atoms. The van der Waals surface area contributed by atoms with E-state index in [1.165, 1.54) is 0 Å². The third kappa shape index (κ3) is 5.75. The average Bonchev–Trinajstić information content (AvgIpc) is 3.01. The zero-order chi connectivity index (χ0) is 16.7. The first kappa shape index (κ1) is 17.6. The Morgan fingerprint density at radius 1 is 1.22 bits per heavy atom. The van der Waals surface area contributed by atoms with Gasteiger partial charge in [0.2, 0.25) is 11.8 Å². The minimum atomic E-state index is -0.126. The van der Waals surface area contributed by atoms with Crippen LogP contribution in [0.25, 0.3) is 0 Å². The van der Waals surface area contributed by atoms with Crippen molar-refractivity contribution in [2.45, 2.75) is 26.2 Å². The van der Waals surface area contributed by atoms with E-state index in [9.17, 15) is 9.59 Å². The van der Waals surface area contributed by atoms with Crippen LogP contribution in [-0.2, 0) is 9.59 Å². The van der Waals surface area contributed by atoms with Crippen molar-refractivity contribution >= 4 is 29.1 Å². The first-order valence-electron chi connectivity index (χ1n) is 8.12. The van der Waals surface area contributed by atoms with Crippen molar-refractivity contribution in [3.63, 3.8) is 0 Å². The van der Waals surface area contributed by atoms with E-state index >= 15 is 0 Å². The van der Waals surface area contributed by atoms with E-state index in [0.717, 1.165) is 36.6 Å². The zero-order valence-corrected chi connectivity index (χ0v) is 14.2. The molecular weight excluding hydrogens is 314 g/mol. The summed E-state index contributed by atoms with van der Waals surface area (Å²) in [6.07, 6.45) is 2.30. The van der Waals surface area contributed by atoms with Crippen molar-refractivity contribution in [3.8, 4) is 0 Å². The molecule has 1 aromatic carbocycles. The van der Waals surface area contributed by atoms with Crippen molar-refractivity contribution in [2.75, 3.05) is 31.1 Å². The monoisotopic (exact) mass is 337 g/mol. The van der Waals surface area contributed by atoms with Gasteiger partial charge in [0.1, 0.15) is 0 Å². The Balaban J connectivity index is 1.68. The maximum atomic E-state index is 11.7. The summed E-state index contributed by atoms with van der Waals surface area (Å²) in [6, 6.07) is 7.83. The van der Waals surface area contributed by atoms with Crippen molar-refractivity contribution < 1.29 is 9.59 Å². The lowest BCUT2D eigenvalue weighted by molar-refractivity contribution is -0.126. The van der Waals surface area contributed by atoms with Crippen LogP contribution >= 0.6 is 11.6 Å². The Hall–Kier alpha value is -1.75. The number of carbonyl (C=O) groups excluding carboxylic acids is 2. The molecule has 1 fully saturated rings. The summed E-state index contributed by atoms with van der Waals surface area (Å²) in [6.45, 7) is 4.55. The van der Waals surface area contributed by atoms with Crippen molar-refractivity contribution in [3.05, 3.63) is 29.3 Å². The summed E-state index contributed by atoms with van der Waals surface area (Å²) >= 11 is 5.91. The third-order valence-electron chi connectivity index (χ3n) is 3.99. The molecule has 0 unspecified atom stereocenters. The molecule has 2 amide bonds. The topological polar surface area (TPSA) is 61.4 Å². The van der Waals surface area contributed by atoms with Gasteiger partial charge in [0.05, 0.1) is 6.54 Å². The number of halogens is 1. The Morgan fingerprint density at radius 3 is 2.65 bits per heavy atom. The minimum absolute atomic E-state index is 0.0620. The van der Waals surface area contributed by atoms with E-state index in [4.69, 9.17) is 11.6 Å². The average molecular weight is 338 g/mol. The molecule has 2 N–H and O–H groups in total. The van der Waals surface area contributed by atoms with E-state index in [1.54, 1.807) is 0 Å². The summed E-state index contributed by atoms with van der Waals surface area (Å²) in [7, 11) is 0. The highest BCUT2D eigenvalue weighted by Crippen LogP contribution is 2.24. The van der Waals surface area contributed by atoms with Crippen LogP contribution in [0.2, 0.25) is 5.02 Å². The van der Waals surface area contributed by atoms with Crippen LogP contribution in [-0.4, -0.2) is 38.0 Å². The quantitative estimate of drug-likeness (QED) is 0.802. The minimum Gasteiger partial charge on any atom is -0.371 e. The number of carbonyl (C=O) groups is 2. The lowest BCUT2D eigenvalue weighted by atomic mass is 10.1. The summed E-state index contributed by atoms with van der Waals surface area (Å²) in [5.41, 5.74) is 1.16. The summed E-state index contributed by atoms with van der Waals surface area (Å²) < 4.78 is 0. The summed E-state index contributed by atoms with van der Waals surface area (Å²) in [5, 5.41) is 6.26. The molecule has 0 saturated carbocycles. The van der Waals surface area contributed by atoms with Gasteiger partial charge in [0, 0.05) is 36.8 Å². The van der Waals surface area contributed by atoms with E-state index in [1.807, 2.05) is 31.2 Å². The second-order valence-electron chi connectivity index (χ2n) is 5.91. The number of nitrogens with zero attached hydrogens (tertiary/aromatic N) is 1. The fourth-order valence-electron chi connectivity index (χ4n) is 2.70. The highest BCUT2D eigenvalue weighted by atomic mass is 35.5. The number of nitrogens with one attached hydrogen (secondary N) is 2. The molecule has 1 atom stereocenters. The zero-order valence-electron chi connectivity index (χ0n) is 13.5. The molecule has 1 aliphatic heterocycles. The van der Waals surface area contributed by atoms with Crippen molar-refractivity contribution in [1.29, 1.82) is 0 Å². The molecule has 1 aromatic rings.